The predicted octanol–water partition coefficient (Wildman–Crippen LogP) is 4.23. The molecule has 0 spiro atoms. The zero-order valence-corrected chi connectivity index (χ0v) is 16.2. The number of hydrogen-bond donors (Lipinski definition) is 0. The first-order chi connectivity index (χ1) is 13.6. The number of cyclic esters (lactones) is 1. The highest BCUT2D eigenvalue weighted by Gasteiger charge is 2.24. The van der Waals surface area contributed by atoms with Crippen molar-refractivity contribution in [3.05, 3.63) is 59.3 Å². The van der Waals surface area contributed by atoms with Crippen LogP contribution in [0.2, 0.25) is 0 Å². The van der Waals surface area contributed by atoms with Crippen LogP contribution in [0.4, 0.5) is 0 Å². The van der Waals surface area contributed by atoms with Crippen LogP contribution in [0, 0.1) is 0 Å². The molecule has 0 amide bonds. The molecule has 0 bridgehead atoms. The van der Waals surface area contributed by atoms with E-state index >= 15 is 0 Å². The number of benzene rings is 2. The zero-order chi connectivity index (χ0) is 19.9. The van der Waals surface area contributed by atoms with Crippen molar-refractivity contribution in [3.63, 3.8) is 0 Å². The normalized spacial score (nSPS) is 14.6. The largest absolute Gasteiger partial charge is 0.494 e. The molecule has 0 aliphatic carbocycles. The Morgan fingerprint density at radius 2 is 1.82 bits per heavy atom. The first-order valence-corrected chi connectivity index (χ1v) is 9.21. The Bertz CT molecular complexity index is 900. The fourth-order valence-electron chi connectivity index (χ4n) is 2.66. The van der Waals surface area contributed by atoms with Crippen LogP contribution in [0.5, 0.6) is 17.2 Å². The van der Waals surface area contributed by atoms with Crippen LogP contribution < -0.4 is 14.2 Å². The van der Waals surface area contributed by atoms with Gasteiger partial charge >= 0.3 is 5.97 Å². The van der Waals surface area contributed by atoms with Crippen LogP contribution in [0.15, 0.2) is 53.2 Å². The second-order valence-electron chi connectivity index (χ2n) is 6.05. The van der Waals surface area contributed by atoms with E-state index in [1.807, 2.05) is 50.2 Å². The lowest BCUT2D eigenvalue weighted by Gasteiger charge is -2.10. The third kappa shape index (κ3) is 4.52. The molecular formula is C22H23NO5. The number of carbonyl (C=O) groups is 1. The fourth-order valence-corrected chi connectivity index (χ4v) is 2.66. The van der Waals surface area contributed by atoms with Crippen LogP contribution in [0.25, 0.3) is 6.08 Å². The van der Waals surface area contributed by atoms with Gasteiger partial charge in [-0.05, 0) is 61.4 Å². The second kappa shape index (κ2) is 9.08. The van der Waals surface area contributed by atoms with E-state index in [1.165, 1.54) is 0 Å². The summed E-state index contributed by atoms with van der Waals surface area (Å²) < 4.78 is 21.8. The number of aliphatic imine (C=N–C) groups is 1. The van der Waals surface area contributed by atoms with Gasteiger partial charge in [0.15, 0.2) is 17.2 Å². The molecule has 2 aromatic carbocycles. The number of methoxy groups -OCH3 is 1. The maximum atomic E-state index is 12.2. The van der Waals surface area contributed by atoms with Crippen LogP contribution in [-0.2, 0) is 9.53 Å². The van der Waals surface area contributed by atoms with Gasteiger partial charge in [-0.15, -0.1) is 0 Å². The Morgan fingerprint density at radius 3 is 2.50 bits per heavy atom. The SMILES string of the molecule is CCCOc1ccc(/C=C2\N=C(c3ccc(OCC)cc3)OC2=O)cc1OC. The third-order valence-corrected chi connectivity index (χ3v) is 3.99. The summed E-state index contributed by atoms with van der Waals surface area (Å²) in [4.78, 5) is 16.5. The summed E-state index contributed by atoms with van der Waals surface area (Å²) in [6, 6.07) is 12.7. The summed E-state index contributed by atoms with van der Waals surface area (Å²) in [7, 11) is 1.58. The van der Waals surface area contributed by atoms with Gasteiger partial charge in [0, 0.05) is 5.56 Å². The van der Waals surface area contributed by atoms with E-state index in [0.29, 0.717) is 30.3 Å². The minimum absolute atomic E-state index is 0.230. The van der Waals surface area contributed by atoms with E-state index in [1.54, 1.807) is 19.3 Å². The monoisotopic (exact) mass is 381 g/mol. The molecule has 0 unspecified atom stereocenters. The molecule has 0 aromatic heterocycles. The lowest BCUT2D eigenvalue weighted by atomic mass is 10.1. The van der Waals surface area contributed by atoms with Crippen LogP contribution in [0.1, 0.15) is 31.4 Å². The number of hydrogen-bond acceptors (Lipinski definition) is 6. The Morgan fingerprint density at radius 1 is 1.04 bits per heavy atom. The van der Waals surface area contributed by atoms with Crippen molar-refractivity contribution in [2.75, 3.05) is 20.3 Å². The molecule has 3 rings (SSSR count). The highest BCUT2D eigenvalue weighted by atomic mass is 16.6. The Balaban J connectivity index is 1.82. The van der Waals surface area contributed by atoms with Gasteiger partial charge in [0.25, 0.3) is 0 Å². The zero-order valence-electron chi connectivity index (χ0n) is 16.2. The van der Waals surface area contributed by atoms with Gasteiger partial charge in [0.05, 0.1) is 20.3 Å². The van der Waals surface area contributed by atoms with Gasteiger partial charge in [0.1, 0.15) is 5.75 Å². The van der Waals surface area contributed by atoms with E-state index < -0.39 is 5.97 Å². The molecule has 0 fully saturated rings. The van der Waals surface area contributed by atoms with Gasteiger partial charge in [0.2, 0.25) is 5.90 Å². The Kier molecular flexibility index (Phi) is 6.32. The Labute approximate surface area is 164 Å². The Hall–Kier alpha value is -3.28. The maximum Gasteiger partial charge on any atom is 0.363 e. The van der Waals surface area contributed by atoms with E-state index in [9.17, 15) is 4.79 Å². The summed E-state index contributed by atoms with van der Waals surface area (Å²) in [5.41, 5.74) is 1.71. The molecular weight excluding hydrogens is 358 g/mol. The van der Waals surface area contributed by atoms with Crippen molar-refractivity contribution in [3.8, 4) is 17.2 Å². The van der Waals surface area contributed by atoms with Crippen LogP contribution in [-0.4, -0.2) is 32.2 Å². The topological polar surface area (TPSA) is 66.3 Å². The maximum absolute atomic E-state index is 12.2. The first-order valence-electron chi connectivity index (χ1n) is 9.21. The smallest absolute Gasteiger partial charge is 0.363 e. The third-order valence-electron chi connectivity index (χ3n) is 3.99. The van der Waals surface area contributed by atoms with Crippen molar-refractivity contribution in [2.45, 2.75) is 20.3 Å². The standard InChI is InChI=1S/C22H23NO5/c1-4-12-27-19-11-6-15(14-20(19)25-3)13-18-22(24)28-21(23-18)16-7-9-17(10-8-16)26-5-2/h6-11,13-14H,4-5,12H2,1-3H3/b18-13-. The molecule has 0 N–H and O–H groups in total. The molecule has 1 aliphatic rings. The molecule has 6 heteroatoms. The number of nitrogens with zero attached hydrogens (tertiary/aromatic N) is 1. The number of carbonyl (C=O) groups excluding carboxylic acids is 1. The van der Waals surface area contributed by atoms with Gasteiger partial charge in [-0.2, -0.15) is 0 Å². The van der Waals surface area contributed by atoms with Gasteiger partial charge in [-0.25, -0.2) is 9.79 Å². The molecule has 0 radical (unpaired) electrons. The molecule has 1 aliphatic heterocycles. The number of ether oxygens (including phenoxy) is 4. The molecule has 28 heavy (non-hydrogen) atoms. The molecule has 6 nitrogen and oxygen atoms in total. The average Bonchev–Trinajstić information content (AvgIpc) is 3.08. The van der Waals surface area contributed by atoms with Crippen LogP contribution >= 0.6 is 0 Å². The summed E-state index contributed by atoms with van der Waals surface area (Å²) >= 11 is 0. The molecule has 2 aromatic rings. The predicted molar refractivity (Wildman–Crippen MR) is 107 cm³/mol. The molecule has 0 atom stereocenters. The summed E-state index contributed by atoms with van der Waals surface area (Å²) in [6.07, 6.45) is 2.57. The summed E-state index contributed by atoms with van der Waals surface area (Å²) in [5, 5.41) is 0. The lowest BCUT2D eigenvalue weighted by molar-refractivity contribution is -0.129. The first kappa shape index (κ1) is 19.5. The van der Waals surface area contributed by atoms with Crippen molar-refractivity contribution >= 4 is 17.9 Å². The van der Waals surface area contributed by atoms with Crippen molar-refractivity contribution in [1.29, 1.82) is 0 Å². The number of rotatable bonds is 8. The highest BCUT2D eigenvalue weighted by Crippen LogP contribution is 2.30. The second-order valence-corrected chi connectivity index (χ2v) is 6.05. The fraction of sp³-hybridized carbons (Fsp3) is 0.273. The van der Waals surface area contributed by atoms with E-state index in [2.05, 4.69) is 4.99 Å². The molecule has 0 saturated heterocycles. The van der Waals surface area contributed by atoms with Gasteiger partial charge in [-0.3, -0.25) is 0 Å². The van der Waals surface area contributed by atoms with Gasteiger partial charge in [-0.1, -0.05) is 13.0 Å². The molecule has 146 valence electrons. The van der Waals surface area contributed by atoms with Crippen molar-refractivity contribution in [2.24, 2.45) is 4.99 Å². The van der Waals surface area contributed by atoms with E-state index in [0.717, 1.165) is 17.7 Å². The summed E-state index contributed by atoms with van der Waals surface area (Å²) in [5.74, 6) is 1.80. The summed E-state index contributed by atoms with van der Waals surface area (Å²) in [6.45, 7) is 5.16. The van der Waals surface area contributed by atoms with E-state index in [-0.39, 0.29) is 11.6 Å². The number of esters is 1. The average molecular weight is 381 g/mol. The van der Waals surface area contributed by atoms with E-state index in [4.69, 9.17) is 18.9 Å². The van der Waals surface area contributed by atoms with Crippen LogP contribution in [0.3, 0.4) is 0 Å². The minimum atomic E-state index is -0.492. The van der Waals surface area contributed by atoms with Crippen molar-refractivity contribution in [1.82, 2.24) is 0 Å². The molecule has 0 saturated carbocycles. The van der Waals surface area contributed by atoms with Gasteiger partial charge < -0.3 is 18.9 Å². The minimum Gasteiger partial charge on any atom is -0.494 e. The van der Waals surface area contributed by atoms with Crippen molar-refractivity contribution < 1.29 is 23.7 Å². The highest BCUT2D eigenvalue weighted by molar-refractivity contribution is 6.12. The lowest BCUT2D eigenvalue weighted by Crippen LogP contribution is -2.05. The molecule has 1 heterocycles. The quantitative estimate of drug-likeness (QED) is 0.506.